The molecule has 1 rings (SSSR count). The monoisotopic (exact) mass is 340 g/mol. The molecule has 10 nitrogen and oxygen atoms in total. The molecule has 4 N–H and O–H groups in total. The molecular weight excluding hydrogens is 328 g/mol. The fraction of sp³-hybridized carbons (Fsp3) is 0.143. The third kappa shape index (κ3) is 6.93. The number of ketones is 2. The Labute approximate surface area is 134 Å². The van der Waals surface area contributed by atoms with Crippen LogP contribution in [0.25, 0.3) is 0 Å². The van der Waals surface area contributed by atoms with Crippen LogP contribution >= 0.6 is 0 Å². The predicted molar refractivity (Wildman–Crippen MR) is 74.9 cm³/mol. The lowest BCUT2D eigenvalue weighted by Gasteiger charge is -2.02. The van der Waals surface area contributed by atoms with Gasteiger partial charge in [0.05, 0.1) is 12.8 Å². The molecule has 0 aromatic heterocycles. The highest BCUT2D eigenvalue weighted by atomic mass is 16.4. The number of hydrogen-bond acceptors (Lipinski definition) is 6. The van der Waals surface area contributed by atoms with Gasteiger partial charge in [0.15, 0.2) is 0 Å². The number of carbonyl (C=O) groups excluding carboxylic acids is 2. The summed E-state index contributed by atoms with van der Waals surface area (Å²) in [7, 11) is 0. The van der Waals surface area contributed by atoms with E-state index >= 15 is 0 Å². The van der Waals surface area contributed by atoms with Crippen molar-refractivity contribution in [1.29, 1.82) is 0 Å². The molecule has 24 heavy (non-hydrogen) atoms. The largest absolute Gasteiger partial charge is 0.481 e. The lowest BCUT2D eigenvalue weighted by Crippen LogP contribution is -2.20. The van der Waals surface area contributed by atoms with E-state index in [1.165, 1.54) is 12.1 Å². The first-order valence-corrected chi connectivity index (χ1v) is 6.15. The van der Waals surface area contributed by atoms with E-state index in [1.807, 2.05) is 0 Å². The number of aliphatic carboxylic acids is 4. The Bertz CT molecular complexity index is 630. The lowest BCUT2D eigenvalue weighted by molar-refractivity contribution is -0.143. The predicted octanol–water partition coefficient (Wildman–Crippen LogP) is 0.157. The summed E-state index contributed by atoms with van der Waals surface area (Å²) < 4.78 is 0. The standard InChI is InChI=1S/C10H6O6.C4H6O4/c11-7(9(13)14)5-3-1-2-4-6(5)8(12)10(15)16;5-3(6)1-2-4(7)8/h1-4H,(H,13,14)(H,15,16);1-2H2,(H,5,6)(H,7,8). The molecule has 0 heterocycles. The van der Waals surface area contributed by atoms with Crippen molar-refractivity contribution in [1.82, 2.24) is 0 Å². The van der Waals surface area contributed by atoms with Gasteiger partial charge in [-0.15, -0.1) is 0 Å². The number of carbonyl (C=O) groups is 6. The fourth-order valence-electron chi connectivity index (χ4n) is 1.32. The topological polar surface area (TPSA) is 183 Å². The van der Waals surface area contributed by atoms with Gasteiger partial charge in [0, 0.05) is 11.1 Å². The van der Waals surface area contributed by atoms with E-state index in [1.54, 1.807) is 0 Å². The van der Waals surface area contributed by atoms with Crippen molar-refractivity contribution in [2.24, 2.45) is 0 Å². The summed E-state index contributed by atoms with van der Waals surface area (Å²) in [6, 6.07) is 4.86. The maximum absolute atomic E-state index is 11.1. The van der Waals surface area contributed by atoms with E-state index in [-0.39, 0.29) is 12.8 Å². The molecule has 0 saturated carbocycles. The quantitative estimate of drug-likeness (QED) is 0.393. The van der Waals surface area contributed by atoms with Crippen LogP contribution in [0, 0.1) is 0 Å². The van der Waals surface area contributed by atoms with Crippen LogP contribution in [-0.4, -0.2) is 55.9 Å². The van der Waals surface area contributed by atoms with Gasteiger partial charge < -0.3 is 20.4 Å². The van der Waals surface area contributed by atoms with Gasteiger partial charge >= 0.3 is 23.9 Å². The second-order valence-corrected chi connectivity index (χ2v) is 4.10. The van der Waals surface area contributed by atoms with Crippen LogP contribution < -0.4 is 0 Å². The first-order chi connectivity index (χ1) is 11.1. The molecule has 0 aliphatic heterocycles. The smallest absolute Gasteiger partial charge is 0.377 e. The molecule has 0 bridgehead atoms. The summed E-state index contributed by atoms with van der Waals surface area (Å²) in [5.41, 5.74) is -0.857. The van der Waals surface area contributed by atoms with Gasteiger partial charge in [-0.1, -0.05) is 24.3 Å². The van der Waals surface area contributed by atoms with E-state index in [0.29, 0.717) is 0 Å². The molecule has 0 spiro atoms. The number of carboxylic acid groups (broad SMARTS) is 4. The molecule has 0 aliphatic carbocycles. The van der Waals surface area contributed by atoms with Gasteiger partial charge in [-0.3, -0.25) is 19.2 Å². The number of Topliss-reactive ketones (excluding diaryl/α,β-unsaturated/α-hetero) is 2. The highest BCUT2D eigenvalue weighted by Gasteiger charge is 2.24. The molecule has 0 atom stereocenters. The van der Waals surface area contributed by atoms with E-state index in [4.69, 9.17) is 20.4 Å². The van der Waals surface area contributed by atoms with Gasteiger partial charge in [-0.2, -0.15) is 0 Å². The molecule has 1 aromatic carbocycles. The molecule has 10 heteroatoms. The minimum atomic E-state index is -1.74. The van der Waals surface area contributed by atoms with E-state index in [2.05, 4.69) is 0 Å². The van der Waals surface area contributed by atoms with Gasteiger partial charge in [0.1, 0.15) is 0 Å². The van der Waals surface area contributed by atoms with Crippen LogP contribution in [0.15, 0.2) is 24.3 Å². The normalized spacial score (nSPS) is 9.17. The maximum atomic E-state index is 11.1. The second-order valence-electron chi connectivity index (χ2n) is 4.10. The number of carboxylic acids is 4. The summed E-state index contributed by atoms with van der Waals surface area (Å²) in [6.45, 7) is 0. The lowest BCUT2D eigenvalue weighted by atomic mass is 10.0. The maximum Gasteiger partial charge on any atom is 0.377 e. The SMILES string of the molecule is O=C(O)C(=O)c1ccccc1C(=O)C(=O)O.O=C(O)CCC(=O)O. The highest BCUT2D eigenvalue weighted by Crippen LogP contribution is 2.10. The zero-order chi connectivity index (χ0) is 18.9. The molecule has 0 aliphatic rings. The van der Waals surface area contributed by atoms with Gasteiger partial charge in [-0.05, 0) is 0 Å². The Balaban J connectivity index is 0.000000561. The van der Waals surface area contributed by atoms with Gasteiger partial charge in [0.25, 0.3) is 11.6 Å². The molecule has 0 saturated heterocycles. The zero-order valence-corrected chi connectivity index (χ0v) is 12.0. The molecule has 0 amide bonds. The van der Waals surface area contributed by atoms with Crippen LogP contribution in [0.2, 0.25) is 0 Å². The molecule has 0 fully saturated rings. The number of rotatable bonds is 7. The first-order valence-electron chi connectivity index (χ1n) is 6.15. The summed E-state index contributed by atoms with van der Waals surface area (Å²) in [6.07, 6.45) is -0.593. The second kappa shape index (κ2) is 9.46. The van der Waals surface area contributed by atoms with Crippen molar-refractivity contribution in [2.75, 3.05) is 0 Å². The summed E-state index contributed by atoms with van der Waals surface area (Å²) in [5, 5.41) is 32.7. The van der Waals surface area contributed by atoms with Crippen molar-refractivity contribution in [3.05, 3.63) is 35.4 Å². The zero-order valence-electron chi connectivity index (χ0n) is 12.0. The average molecular weight is 340 g/mol. The third-order valence-electron chi connectivity index (χ3n) is 2.36. The minimum Gasteiger partial charge on any atom is -0.481 e. The van der Waals surface area contributed by atoms with E-state index in [9.17, 15) is 28.8 Å². The molecule has 0 unspecified atom stereocenters. The van der Waals surface area contributed by atoms with Crippen LogP contribution in [0.3, 0.4) is 0 Å². The number of benzene rings is 1. The average Bonchev–Trinajstić information content (AvgIpc) is 2.51. The van der Waals surface area contributed by atoms with Crippen LogP contribution in [-0.2, 0) is 19.2 Å². The Morgan fingerprint density at radius 1 is 0.625 bits per heavy atom. The Morgan fingerprint density at radius 2 is 0.917 bits per heavy atom. The van der Waals surface area contributed by atoms with Crippen LogP contribution in [0.5, 0.6) is 0 Å². The van der Waals surface area contributed by atoms with Crippen molar-refractivity contribution in [3.8, 4) is 0 Å². The Hall–Kier alpha value is -3.56. The Kier molecular flexibility index (Phi) is 8.05. The minimum absolute atomic E-state index is 0.296. The highest BCUT2D eigenvalue weighted by molar-refractivity contribution is 6.46. The van der Waals surface area contributed by atoms with Crippen LogP contribution in [0.1, 0.15) is 33.6 Å². The van der Waals surface area contributed by atoms with Crippen molar-refractivity contribution in [2.45, 2.75) is 12.8 Å². The van der Waals surface area contributed by atoms with Gasteiger partial charge in [0.2, 0.25) is 0 Å². The molecule has 128 valence electrons. The van der Waals surface area contributed by atoms with E-state index < -0.39 is 46.6 Å². The van der Waals surface area contributed by atoms with Crippen molar-refractivity contribution in [3.63, 3.8) is 0 Å². The van der Waals surface area contributed by atoms with Crippen molar-refractivity contribution >= 4 is 35.4 Å². The fourth-order valence-corrected chi connectivity index (χ4v) is 1.32. The molecule has 0 radical (unpaired) electrons. The van der Waals surface area contributed by atoms with Crippen molar-refractivity contribution < 1.29 is 49.2 Å². The summed E-state index contributed by atoms with van der Waals surface area (Å²) >= 11 is 0. The van der Waals surface area contributed by atoms with Gasteiger partial charge in [-0.25, -0.2) is 9.59 Å². The van der Waals surface area contributed by atoms with E-state index in [0.717, 1.165) is 12.1 Å². The molecular formula is C14H12O10. The first kappa shape index (κ1) is 20.4. The molecule has 1 aromatic rings. The Morgan fingerprint density at radius 3 is 1.12 bits per heavy atom. The van der Waals surface area contributed by atoms with Crippen LogP contribution in [0.4, 0.5) is 0 Å². The number of hydrogen-bond donors (Lipinski definition) is 4. The summed E-state index contributed by atoms with van der Waals surface area (Å²) in [5.74, 6) is -8.27. The summed E-state index contributed by atoms with van der Waals surface area (Å²) in [4.78, 5) is 62.4. The third-order valence-corrected chi connectivity index (χ3v) is 2.36.